The van der Waals surface area contributed by atoms with E-state index in [0.717, 1.165) is 11.1 Å². The third kappa shape index (κ3) is 6.28. The highest BCUT2D eigenvalue weighted by molar-refractivity contribution is 9.10. The Morgan fingerprint density at radius 1 is 1.28 bits per heavy atom. The molecule has 18 heavy (non-hydrogen) atoms. The fourth-order valence-electron chi connectivity index (χ4n) is 1.35. The number of rotatable bonds is 8. The maximum atomic E-state index is 11.8. The van der Waals surface area contributed by atoms with E-state index in [1.54, 1.807) is 12.1 Å². The summed E-state index contributed by atoms with van der Waals surface area (Å²) in [6.07, 6.45) is 0. The molecule has 0 atom stereocenters. The SMILES string of the molecule is CC(C)COCCOCC(=O)c1cccc(Br)c1. The van der Waals surface area contributed by atoms with Crippen molar-refractivity contribution in [1.29, 1.82) is 0 Å². The van der Waals surface area contributed by atoms with Crippen LogP contribution >= 0.6 is 15.9 Å². The van der Waals surface area contributed by atoms with Gasteiger partial charge in [0.2, 0.25) is 0 Å². The lowest BCUT2D eigenvalue weighted by Crippen LogP contribution is -2.13. The maximum absolute atomic E-state index is 11.8. The number of ether oxygens (including phenoxy) is 2. The molecule has 0 aliphatic heterocycles. The van der Waals surface area contributed by atoms with Gasteiger partial charge in [0.1, 0.15) is 6.61 Å². The summed E-state index contributed by atoms with van der Waals surface area (Å²) in [6.45, 7) is 6.00. The number of benzene rings is 1. The molecule has 100 valence electrons. The topological polar surface area (TPSA) is 35.5 Å². The molecule has 0 aliphatic rings. The molecule has 0 unspecified atom stereocenters. The Balaban J connectivity index is 2.18. The Hall–Kier alpha value is -0.710. The van der Waals surface area contributed by atoms with Gasteiger partial charge in [0.05, 0.1) is 13.2 Å². The first-order valence-corrected chi connectivity index (χ1v) is 6.83. The summed E-state index contributed by atoms with van der Waals surface area (Å²) in [7, 11) is 0. The van der Waals surface area contributed by atoms with E-state index in [9.17, 15) is 4.79 Å². The van der Waals surface area contributed by atoms with E-state index >= 15 is 0 Å². The number of Topliss-reactive ketones (excluding diaryl/α,β-unsaturated/α-hetero) is 1. The van der Waals surface area contributed by atoms with Gasteiger partial charge >= 0.3 is 0 Å². The van der Waals surface area contributed by atoms with E-state index in [1.807, 2.05) is 12.1 Å². The molecular weight excluding hydrogens is 296 g/mol. The van der Waals surface area contributed by atoms with Gasteiger partial charge in [0, 0.05) is 16.6 Å². The van der Waals surface area contributed by atoms with Gasteiger partial charge in [0.25, 0.3) is 0 Å². The van der Waals surface area contributed by atoms with Crippen molar-refractivity contribution >= 4 is 21.7 Å². The van der Waals surface area contributed by atoms with Crippen LogP contribution in [0.4, 0.5) is 0 Å². The van der Waals surface area contributed by atoms with Crippen LogP contribution in [-0.2, 0) is 9.47 Å². The Morgan fingerprint density at radius 2 is 2.00 bits per heavy atom. The molecule has 0 aromatic heterocycles. The Morgan fingerprint density at radius 3 is 2.67 bits per heavy atom. The van der Waals surface area contributed by atoms with Crippen LogP contribution in [0.25, 0.3) is 0 Å². The van der Waals surface area contributed by atoms with Crippen LogP contribution in [0.3, 0.4) is 0 Å². The third-order valence-electron chi connectivity index (χ3n) is 2.20. The largest absolute Gasteiger partial charge is 0.379 e. The molecule has 0 radical (unpaired) electrons. The summed E-state index contributed by atoms with van der Waals surface area (Å²) in [5.74, 6) is 0.508. The molecule has 1 aromatic rings. The van der Waals surface area contributed by atoms with Crippen molar-refractivity contribution < 1.29 is 14.3 Å². The Bertz CT molecular complexity index is 377. The van der Waals surface area contributed by atoms with Crippen molar-refractivity contribution in [2.45, 2.75) is 13.8 Å². The second kappa shape index (κ2) is 8.40. The van der Waals surface area contributed by atoms with E-state index in [4.69, 9.17) is 9.47 Å². The summed E-state index contributed by atoms with van der Waals surface area (Å²) in [5, 5.41) is 0. The zero-order valence-corrected chi connectivity index (χ0v) is 12.4. The lowest BCUT2D eigenvalue weighted by atomic mass is 10.1. The predicted molar refractivity (Wildman–Crippen MR) is 74.9 cm³/mol. The summed E-state index contributed by atoms with van der Waals surface area (Å²) in [5.41, 5.74) is 0.660. The molecule has 1 aromatic carbocycles. The molecule has 0 amide bonds. The molecule has 4 heteroatoms. The minimum atomic E-state index is -0.0137. The number of hydrogen-bond donors (Lipinski definition) is 0. The van der Waals surface area contributed by atoms with Crippen molar-refractivity contribution in [1.82, 2.24) is 0 Å². The summed E-state index contributed by atoms with van der Waals surface area (Å²) in [4.78, 5) is 11.8. The van der Waals surface area contributed by atoms with E-state index in [1.165, 1.54) is 0 Å². The normalized spacial score (nSPS) is 10.9. The van der Waals surface area contributed by atoms with Gasteiger partial charge in [-0.3, -0.25) is 4.79 Å². The van der Waals surface area contributed by atoms with Crippen molar-refractivity contribution in [3.63, 3.8) is 0 Å². The highest BCUT2D eigenvalue weighted by atomic mass is 79.9. The van der Waals surface area contributed by atoms with Crippen LogP contribution in [0, 0.1) is 5.92 Å². The number of halogens is 1. The monoisotopic (exact) mass is 314 g/mol. The van der Waals surface area contributed by atoms with Gasteiger partial charge < -0.3 is 9.47 Å². The number of hydrogen-bond acceptors (Lipinski definition) is 3. The fraction of sp³-hybridized carbons (Fsp3) is 0.500. The van der Waals surface area contributed by atoms with Gasteiger partial charge in [-0.05, 0) is 18.1 Å². The molecule has 3 nitrogen and oxygen atoms in total. The molecule has 0 saturated carbocycles. The minimum absolute atomic E-state index is 0.0137. The summed E-state index contributed by atoms with van der Waals surface area (Å²) >= 11 is 3.33. The van der Waals surface area contributed by atoms with Crippen LogP contribution in [0.15, 0.2) is 28.7 Å². The summed E-state index contributed by atoms with van der Waals surface area (Å²) in [6, 6.07) is 7.30. The quantitative estimate of drug-likeness (QED) is 0.545. The first kappa shape index (κ1) is 15.3. The van der Waals surface area contributed by atoms with E-state index in [-0.39, 0.29) is 12.4 Å². The lowest BCUT2D eigenvalue weighted by Gasteiger charge is -2.07. The van der Waals surface area contributed by atoms with Crippen LogP contribution < -0.4 is 0 Å². The van der Waals surface area contributed by atoms with E-state index in [0.29, 0.717) is 24.7 Å². The molecule has 0 bridgehead atoms. The number of carbonyl (C=O) groups excluding carboxylic acids is 1. The van der Waals surface area contributed by atoms with Gasteiger partial charge in [-0.1, -0.05) is 41.9 Å². The molecule has 0 heterocycles. The Kier molecular flexibility index (Phi) is 7.16. The van der Waals surface area contributed by atoms with E-state index < -0.39 is 0 Å². The van der Waals surface area contributed by atoms with E-state index in [2.05, 4.69) is 29.8 Å². The second-order valence-electron chi connectivity index (χ2n) is 4.45. The van der Waals surface area contributed by atoms with Crippen molar-refractivity contribution in [2.24, 2.45) is 5.92 Å². The lowest BCUT2D eigenvalue weighted by molar-refractivity contribution is 0.0364. The first-order chi connectivity index (χ1) is 8.59. The Labute approximate surface area is 117 Å². The molecule has 0 aliphatic carbocycles. The smallest absolute Gasteiger partial charge is 0.188 e. The maximum Gasteiger partial charge on any atom is 0.188 e. The number of carbonyl (C=O) groups is 1. The molecular formula is C14H19BrO3. The average molecular weight is 315 g/mol. The summed E-state index contributed by atoms with van der Waals surface area (Å²) < 4.78 is 11.5. The fourth-order valence-corrected chi connectivity index (χ4v) is 1.75. The standard InChI is InChI=1S/C14H19BrO3/c1-11(2)9-17-6-7-18-10-14(16)12-4-3-5-13(15)8-12/h3-5,8,11H,6-7,9-10H2,1-2H3. The molecule has 0 fully saturated rings. The van der Waals surface area contributed by atoms with Gasteiger partial charge in [-0.25, -0.2) is 0 Å². The van der Waals surface area contributed by atoms with Gasteiger partial charge in [-0.15, -0.1) is 0 Å². The second-order valence-corrected chi connectivity index (χ2v) is 5.37. The zero-order chi connectivity index (χ0) is 13.4. The van der Waals surface area contributed by atoms with Crippen LogP contribution in [0.1, 0.15) is 24.2 Å². The highest BCUT2D eigenvalue weighted by Crippen LogP contribution is 2.12. The van der Waals surface area contributed by atoms with Crippen LogP contribution in [0.2, 0.25) is 0 Å². The zero-order valence-electron chi connectivity index (χ0n) is 10.8. The predicted octanol–water partition coefficient (Wildman–Crippen LogP) is 3.32. The number of ketones is 1. The van der Waals surface area contributed by atoms with Crippen molar-refractivity contribution in [3.8, 4) is 0 Å². The molecule has 0 N–H and O–H groups in total. The highest BCUT2D eigenvalue weighted by Gasteiger charge is 2.05. The molecule has 0 spiro atoms. The minimum Gasteiger partial charge on any atom is -0.379 e. The van der Waals surface area contributed by atoms with Crippen LogP contribution in [-0.4, -0.2) is 32.2 Å². The molecule has 1 rings (SSSR count). The van der Waals surface area contributed by atoms with Crippen molar-refractivity contribution in [2.75, 3.05) is 26.4 Å². The first-order valence-electron chi connectivity index (χ1n) is 6.04. The van der Waals surface area contributed by atoms with Crippen molar-refractivity contribution in [3.05, 3.63) is 34.3 Å². The van der Waals surface area contributed by atoms with Crippen LogP contribution in [0.5, 0.6) is 0 Å². The third-order valence-corrected chi connectivity index (χ3v) is 2.70. The molecule has 0 saturated heterocycles. The van der Waals surface area contributed by atoms with Gasteiger partial charge in [0.15, 0.2) is 5.78 Å². The van der Waals surface area contributed by atoms with Gasteiger partial charge in [-0.2, -0.15) is 0 Å². The average Bonchev–Trinajstić information content (AvgIpc) is 2.33.